The van der Waals surface area contributed by atoms with Crippen LogP contribution in [0.5, 0.6) is 5.75 Å². The van der Waals surface area contributed by atoms with Gasteiger partial charge in [0.2, 0.25) is 0 Å². The van der Waals surface area contributed by atoms with Crippen molar-refractivity contribution in [1.82, 2.24) is 5.32 Å². The lowest BCUT2D eigenvalue weighted by atomic mass is 10.0. The van der Waals surface area contributed by atoms with E-state index in [9.17, 15) is 4.79 Å². The molecular weight excluding hydrogens is 274 g/mol. The lowest BCUT2D eigenvalue weighted by molar-refractivity contribution is 0.0935. The van der Waals surface area contributed by atoms with E-state index < -0.39 is 0 Å². The molecule has 0 aliphatic rings. The summed E-state index contributed by atoms with van der Waals surface area (Å²) in [6, 6.07) is 17.4. The molecule has 0 aromatic heterocycles. The Labute approximate surface area is 132 Å². The average Bonchev–Trinajstić information content (AvgIpc) is 2.58. The van der Waals surface area contributed by atoms with Gasteiger partial charge in [-0.2, -0.15) is 0 Å². The highest BCUT2D eigenvalue weighted by Gasteiger charge is 2.13. The van der Waals surface area contributed by atoms with Gasteiger partial charge in [0.15, 0.2) is 0 Å². The number of hydrogen-bond donors (Lipinski definition) is 1. The normalized spacial score (nSPS) is 11.7. The van der Waals surface area contributed by atoms with Crippen molar-refractivity contribution in [3.05, 3.63) is 65.7 Å². The zero-order chi connectivity index (χ0) is 15.8. The molecule has 2 rings (SSSR count). The number of carbonyl (C=O) groups excluding carboxylic acids is 1. The summed E-state index contributed by atoms with van der Waals surface area (Å²) >= 11 is 0. The quantitative estimate of drug-likeness (QED) is 0.824. The molecule has 0 radical (unpaired) electrons. The molecule has 0 bridgehead atoms. The molecule has 1 N–H and O–H groups in total. The second kappa shape index (κ2) is 8.23. The van der Waals surface area contributed by atoms with E-state index in [-0.39, 0.29) is 11.9 Å². The smallest absolute Gasteiger partial charge is 0.251 e. The summed E-state index contributed by atoms with van der Waals surface area (Å²) in [5.74, 6) is 0.742. The molecule has 1 atom stereocenters. The lowest BCUT2D eigenvalue weighted by Gasteiger charge is -2.17. The summed E-state index contributed by atoms with van der Waals surface area (Å²) in [4.78, 5) is 12.4. The Morgan fingerprint density at radius 3 is 2.32 bits per heavy atom. The highest BCUT2D eigenvalue weighted by Crippen LogP contribution is 2.18. The molecule has 0 saturated carbocycles. The van der Waals surface area contributed by atoms with E-state index in [2.05, 4.69) is 19.2 Å². The van der Waals surface area contributed by atoms with Crippen LogP contribution in [0, 0.1) is 0 Å². The van der Waals surface area contributed by atoms with Crippen LogP contribution >= 0.6 is 0 Å². The number of amides is 1. The number of benzene rings is 2. The SMILES string of the molecule is CCCOc1ccc(C(=O)N[C@@H](CC)c2ccccc2)cc1. The first-order valence-electron chi connectivity index (χ1n) is 7.83. The second-order valence-corrected chi connectivity index (χ2v) is 5.22. The van der Waals surface area contributed by atoms with Crippen LogP contribution in [-0.4, -0.2) is 12.5 Å². The van der Waals surface area contributed by atoms with Crippen LogP contribution in [0.3, 0.4) is 0 Å². The lowest BCUT2D eigenvalue weighted by Crippen LogP contribution is -2.28. The first kappa shape index (κ1) is 16.1. The molecule has 3 nitrogen and oxygen atoms in total. The van der Waals surface area contributed by atoms with E-state index >= 15 is 0 Å². The molecule has 0 heterocycles. The molecule has 1 amide bonds. The van der Waals surface area contributed by atoms with E-state index in [1.165, 1.54) is 0 Å². The maximum atomic E-state index is 12.4. The molecule has 3 heteroatoms. The Hall–Kier alpha value is -2.29. The summed E-state index contributed by atoms with van der Waals surface area (Å²) in [7, 11) is 0. The number of carbonyl (C=O) groups is 1. The van der Waals surface area contributed by atoms with E-state index in [1.54, 1.807) is 12.1 Å². The van der Waals surface area contributed by atoms with Crippen LogP contribution < -0.4 is 10.1 Å². The van der Waals surface area contributed by atoms with Crippen molar-refractivity contribution in [2.75, 3.05) is 6.61 Å². The largest absolute Gasteiger partial charge is 0.494 e. The van der Waals surface area contributed by atoms with Gasteiger partial charge in [-0.3, -0.25) is 4.79 Å². The second-order valence-electron chi connectivity index (χ2n) is 5.22. The molecule has 0 aliphatic carbocycles. The Morgan fingerprint density at radius 2 is 1.73 bits per heavy atom. The van der Waals surface area contributed by atoms with Crippen molar-refractivity contribution in [3.8, 4) is 5.75 Å². The van der Waals surface area contributed by atoms with E-state index in [0.717, 1.165) is 24.2 Å². The van der Waals surface area contributed by atoms with Gasteiger partial charge in [-0.25, -0.2) is 0 Å². The standard InChI is InChI=1S/C19H23NO2/c1-3-14-22-17-12-10-16(11-13-17)19(21)20-18(4-2)15-8-6-5-7-9-15/h5-13,18H,3-4,14H2,1-2H3,(H,20,21)/t18-/m0/s1. The van der Waals surface area contributed by atoms with Crippen molar-refractivity contribution >= 4 is 5.91 Å². The van der Waals surface area contributed by atoms with Crippen LogP contribution in [-0.2, 0) is 0 Å². The molecular formula is C19H23NO2. The fourth-order valence-corrected chi connectivity index (χ4v) is 2.27. The van der Waals surface area contributed by atoms with Crippen LogP contribution in [0.1, 0.15) is 48.7 Å². The van der Waals surface area contributed by atoms with Gasteiger partial charge < -0.3 is 10.1 Å². The molecule has 2 aromatic rings. The van der Waals surface area contributed by atoms with Gasteiger partial charge in [0.25, 0.3) is 5.91 Å². The third kappa shape index (κ3) is 4.35. The van der Waals surface area contributed by atoms with E-state index in [1.807, 2.05) is 42.5 Å². The highest BCUT2D eigenvalue weighted by atomic mass is 16.5. The fraction of sp³-hybridized carbons (Fsp3) is 0.316. The summed E-state index contributed by atoms with van der Waals surface area (Å²) in [5.41, 5.74) is 1.78. The van der Waals surface area contributed by atoms with Crippen molar-refractivity contribution in [3.63, 3.8) is 0 Å². The fourth-order valence-electron chi connectivity index (χ4n) is 2.27. The summed E-state index contributed by atoms with van der Waals surface area (Å²) < 4.78 is 5.53. The van der Waals surface area contributed by atoms with Crippen LogP contribution in [0.15, 0.2) is 54.6 Å². The Balaban J connectivity index is 2.01. The van der Waals surface area contributed by atoms with Gasteiger partial charge in [0.05, 0.1) is 12.6 Å². The van der Waals surface area contributed by atoms with Gasteiger partial charge in [-0.1, -0.05) is 44.2 Å². The number of rotatable bonds is 7. The number of hydrogen-bond acceptors (Lipinski definition) is 2. The zero-order valence-electron chi connectivity index (χ0n) is 13.2. The Morgan fingerprint density at radius 1 is 1.05 bits per heavy atom. The molecule has 0 saturated heterocycles. The molecule has 0 fully saturated rings. The molecule has 22 heavy (non-hydrogen) atoms. The molecule has 116 valence electrons. The van der Waals surface area contributed by atoms with Gasteiger partial charge in [0.1, 0.15) is 5.75 Å². The minimum Gasteiger partial charge on any atom is -0.494 e. The van der Waals surface area contributed by atoms with Crippen LogP contribution in [0.25, 0.3) is 0 Å². The Bertz CT molecular complexity index is 578. The van der Waals surface area contributed by atoms with Gasteiger partial charge in [0, 0.05) is 5.56 Å². The minimum absolute atomic E-state index is 0.0321. The van der Waals surface area contributed by atoms with Crippen molar-refractivity contribution < 1.29 is 9.53 Å². The van der Waals surface area contributed by atoms with Crippen LogP contribution in [0.2, 0.25) is 0 Å². The van der Waals surface area contributed by atoms with E-state index in [0.29, 0.717) is 12.2 Å². The minimum atomic E-state index is -0.0576. The summed E-state index contributed by atoms with van der Waals surface area (Å²) in [5, 5.41) is 3.08. The van der Waals surface area contributed by atoms with Crippen molar-refractivity contribution in [1.29, 1.82) is 0 Å². The zero-order valence-corrected chi connectivity index (χ0v) is 13.2. The van der Waals surface area contributed by atoms with Crippen molar-refractivity contribution in [2.24, 2.45) is 0 Å². The topological polar surface area (TPSA) is 38.3 Å². The average molecular weight is 297 g/mol. The van der Waals surface area contributed by atoms with Crippen molar-refractivity contribution in [2.45, 2.75) is 32.7 Å². The maximum absolute atomic E-state index is 12.4. The first-order valence-corrected chi connectivity index (χ1v) is 7.83. The van der Waals surface area contributed by atoms with Gasteiger partial charge >= 0.3 is 0 Å². The van der Waals surface area contributed by atoms with Crippen LogP contribution in [0.4, 0.5) is 0 Å². The number of nitrogens with one attached hydrogen (secondary N) is 1. The summed E-state index contributed by atoms with van der Waals surface area (Å²) in [6.07, 6.45) is 1.82. The third-order valence-corrected chi connectivity index (χ3v) is 3.50. The molecule has 0 spiro atoms. The third-order valence-electron chi connectivity index (χ3n) is 3.50. The van der Waals surface area contributed by atoms with Gasteiger partial charge in [-0.15, -0.1) is 0 Å². The predicted octanol–water partition coefficient (Wildman–Crippen LogP) is 4.36. The maximum Gasteiger partial charge on any atom is 0.251 e. The monoisotopic (exact) mass is 297 g/mol. The predicted molar refractivity (Wildman–Crippen MR) is 89.2 cm³/mol. The molecule has 0 aliphatic heterocycles. The highest BCUT2D eigenvalue weighted by molar-refractivity contribution is 5.94. The first-order chi connectivity index (χ1) is 10.7. The van der Waals surface area contributed by atoms with E-state index in [4.69, 9.17) is 4.74 Å². The van der Waals surface area contributed by atoms with Gasteiger partial charge in [-0.05, 0) is 42.7 Å². The number of ether oxygens (including phenoxy) is 1. The Kier molecular flexibility index (Phi) is 6.01. The summed E-state index contributed by atoms with van der Waals surface area (Å²) in [6.45, 7) is 4.83. The molecule has 2 aromatic carbocycles. The molecule has 0 unspecified atom stereocenters.